The fraction of sp³-hybridized carbons (Fsp3) is 0.941. The number of ether oxygens (including phenoxy) is 1. The quantitative estimate of drug-likeness (QED) is 0.761. The number of nitrogens with one attached hydrogen (secondary N) is 1. The minimum atomic E-state index is -0.415. The Morgan fingerprint density at radius 2 is 2.05 bits per heavy atom. The topological polar surface area (TPSA) is 41.6 Å². The molecule has 0 aromatic carbocycles. The lowest BCUT2D eigenvalue weighted by atomic mass is 9.82. The highest BCUT2D eigenvalue weighted by Crippen LogP contribution is 2.27. The molecular weight excluding hydrogens is 264 g/mol. The Balaban J connectivity index is 2.06. The fourth-order valence-corrected chi connectivity index (χ4v) is 2.92. The first-order chi connectivity index (χ1) is 9.78. The fourth-order valence-electron chi connectivity index (χ4n) is 2.92. The summed E-state index contributed by atoms with van der Waals surface area (Å²) in [4.78, 5) is 13.5. The zero-order valence-corrected chi connectivity index (χ0v) is 14.6. The molecule has 1 N–H and O–H groups in total. The minimum Gasteiger partial charge on any atom is -0.444 e. The molecule has 0 saturated heterocycles. The van der Waals surface area contributed by atoms with Gasteiger partial charge in [-0.1, -0.05) is 19.8 Å². The van der Waals surface area contributed by atoms with Crippen molar-refractivity contribution in [3.05, 3.63) is 0 Å². The molecule has 21 heavy (non-hydrogen) atoms. The Morgan fingerprint density at radius 3 is 2.67 bits per heavy atom. The standard InChI is InChI=1S/C17H34N2O2/c1-14-8-6-9-15(12-14)13-18-10-7-11-19(5)16(20)21-17(2,3)4/h14-15,18H,6-13H2,1-5H3. The zero-order valence-electron chi connectivity index (χ0n) is 14.6. The molecule has 0 heterocycles. The number of carbonyl (C=O) groups excluding carboxylic acids is 1. The van der Waals surface area contributed by atoms with Crippen LogP contribution in [0.2, 0.25) is 0 Å². The SMILES string of the molecule is CC1CCCC(CNCCCN(C)C(=O)OC(C)(C)C)C1. The Labute approximate surface area is 130 Å². The van der Waals surface area contributed by atoms with Crippen molar-refractivity contribution in [1.82, 2.24) is 10.2 Å². The summed E-state index contributed by atoms with van der Waals surface area (Å²) in [5.41, 5.74) is -0.415. The lowest BCUT2D eigenvalue weighted by Gasteiger charge is -2.27. The van der Waals surface area contributed by atoms with E-state index in [0.717, 1.165) is 37.9 Å². The van der Waals surface area contributed by atoms with Crippen LogP contribution in [-0.2, 0) is 4.74 Å². The summed E-state index contributed by atoms with van der Waals surface area (Å²) < 4.78 is 5.33. The summed E-state index contributed by atoms with van der Waals surface area (Å²) in [6.45, 7) is 10.9. The highest BCUT2D eigenvalue weighted by atomic mass is 16.6. The normalized spacial score (nSPS) is 22.9. The highest BCUT2D eigenvalue weighted by molar-refractivity contribution is 5.67. The van der Waals surface area contributed by atoms with E-state index in [4.69, 9.17) is 4.74 Å². The molecule has 124 valence electrons. The molecule has 4 nitrogen and oxygen atoms in total. The van der Waals surface area contributed by atoms with Gasteiger partial charge in [-0.2, -0.15) is 0 Å². The minimum absolute atomic E-state index is 0.233. The molecule has 0 radical (unpaired) electrons. The average Bonchev–Trinajstić information content (AvgIpc) is 2.36. The van der Waals surface area contributed by atoms with Crippen LogP contribution in [0.1, 0.15) is 59.8 Å². The van der Waals surface area contributed by atoms with Gasteiger partial charge in [0.05, 0.1) is 0 Å². The van der Waals surface area contributed by atoms with Crippen molar-refractivity contribution >= 4 is 6.09 Å². The third-order valence-electron chi connectivity index (χ3n) is 4.03. The van der Waals surface area contributed by atoms with Crippen molar-refractivity contribution in [2.24, 2.45) is 11.8 Å². The smallest absolute Gasteiger partial charge is 0.410 e. The highest BCUT2D eigenvalue weighted by Gasteiger charge is 2.20. The van der Waals surface area contributed by atoms with E-state index < -0.39 is 5.60 Å². The molecular formula is C17H34N2O2. The van der Waals surface area contributed by atoms with Gasteiger partial charge in [0.25, 0.3) is 0 Å². The maximum atomic E-state index is 11.8. The summed E-state index contributed by atoms with van der Waals surface area (Å²) in [6.07, 6.45) is 6.26. The van der Waals surface area contributed by atoms with Crippen molar-refractivity contribution in [3.8, 4) is 0 Å². The number of nitrogens with zero attached hydrogens (tertiary/aromatic N) is 1. The van der Waals surface area contributed by atoms with Gasteiger partial charge in [-0.05, 0) is 65.0 Å². The van der Waals surface area contributed by atoms with Crippen molar-refractivity contribution in [2.45, 2.75) is 65.4 Å². The molecule has 0 aromatic rings. The van der Waals surface area contributed by atoms with Gasteiger partial charge < -0.3 is 15.0 Å². The third kappa shape index (κ3) is 8.30. The van der Waals surface area contributed by atoms with E-state index in [1.807, 2.05) is 20.8 Å². The molecule has 1 amide bonds. The lowest BCUT2D eigenvalue weighted by Crippen LogP contribution is -2.36. The molecule has 4 heteroatoms. The average molecular weight is 298 g/mol. The number of carbonyl (C=O) groups is 1. The van der Waals surface area contributed by atoms with E-state index in [-0.39, 0.29) is 6.09 Å². The van der Waals surface area contributed by atoms with Crippen LogP contribution in [0, 0.1) is 11.8 Å². The van der Waals surface area contributed by atoms with Crippen LogP contribution in [0.3, 0.4) is 0 Å². The maximum absolute atomic E-state index is 11.8. The molecule has 2 unspecified atom stereocenters. The number of hydrogen-bond donors (Lipinski definition) is 1. The first-order valence-electron chi connectivity index (χ1n) is 8.43. The molecule has 1 rings (SSSR count). The Morgan fingerprint density at radius 1 is 1.33 bits per heavy atom. The molecule has 1 aliphatic rings. The van der Waals surface area contributed by atoms with Gasteiger partial charge in [-0.25, -0.2) is 4.79 Å². The van der Waals surface area contributed by atoms with Crippen LogP contribution in [0.4, 0.5) is 4.79 Å². The van der Waals surface area contributed by atoms with Crippen LogP contribution in [-0.4, -0.2) is 43.3 Å². The van der Waals surface area contributed by atoms with Crippen molar-refractivity contribution in [3.63, 3.8) is 0 Å². The van der Waals surface area contributed by atoms with Crippen LogP contribution in [0.15, 0.2) is 0 Å². The van der Waals surface area contributed by atoms with E-state index in [2.05, 4.69) is 12.2 Å². The van der Waals surface area contributed by atoms with Gasteiger partial charge in [0.15, 0.2) is 0 Å². The second-order valence-corrected chi connectivity index (χ2v) is 7.60. The van der Waals surface area contributed by atoms with Gasteiger partial charge >= 0.3 is 6.09 Å². The predicted molar refractivity (Wildman–Crippen MR) is 87.5 cm³/mol. The zero-order chi connectivity index (χ0) is 15.9. The molecule has 2 atom stereocenters. The number of rotatable bonds is 6. The van der Waals surface area contributed by atoms with Crippen LogP contribution in [0.25, 0.3) is 0 Å². The summed E-state index contributed by atoms with van der Waals surface area (Å²) in [6, 6.07) is 0. The number of hydrogen-bond acceptors (Lipinski definition) is 3. The lowest BCUT2D eigenvalue weighted by molar-refractivity contribution is 0.0297. The largest absolute Gasteiger partial charge is 0.444 e. The molecule has 0 bridgehead atoms. The first-order valence-corrected chi connectivity index (χ1v) is 8.43. The third-order valence-corrected chi connectivity index (χ3v) is 4.03. The monoisotopic (exact) mass is 298 g/mol. The molecule has 0 spiro atoms. The second kappa shape index (κ2) is 8.62. The van der Waals surface area contributed by atoms with E-state index >= 15 is 0 Å². The Hall–Kier alpha value is -0.770. The van der Waals surface area contributed by atoms with Crippen LogP contribution >= 0.6 is 0 Å². The molecule has 0 aliphatic heterocycles. The van der Waals surface area contributed by atoms with Crippen LogP contribution < -0.4 is 5.32 Å². The predicted octanol–water partition coefficient (Wildman–Crippen LogP) is 3.66. The van der Waals surface area contributed by atoms with Gasteiger partial charge in [0, 0.05) is 13.6 Å². The van der Waals surface area contributed by atoms with Crippen LogP contribution in [0.5, 0.6) is 0 Å². The molecule has 0 aromatic heterocycles. The molecule has 1 saturated carbocycles. The Kier molecular flexibility index (Phi) is 7.50. The van der Waals surface area contributed by atoms with E-state index in [9.17, 15) is 4.79 Å². The van der Waals surface area contributed by atoms with Gasteiger partial charge in [0.1, 0.15) is 5.60 Å². The summed E-state index contributed by atoms with van der Waals surface area (Å²) in [7, 11) is 1.80. The van der Waals surface area contributed by atoms with Crippen molar-refractivity contribution < 1.29 is 9.53 Å². The van der Waals surface area contributed by atoms with Gasteiger partial charge in [-0.3, -0.25) is 0 Å². The van der Waals surface area contributed by atoms with E-state index in [1.165, 1.54) is 25.7 Å². The maximum Gasteiger partial charge on any atom is 0.410 e. The van der Waals surface area contributed by atoms with Gasteiger partial charge in [0.2, 0.25) is 0 Å². The second-order valence-electron chi connectivity index (χ2n) is 7.60. The molecule has 1 aliphatic carbocycles. The number of amides is 1. The summed E-state index contributed by atoms with van der Waals surface area (Å²) in [5.74, 6) is 1.74. The van der Waals surface area contributed by atoms with Gasteiger partial charge in [-0.15, -0.1) is 0 Å². The summed E-state index contributed by atoms with van der Waals surface area (Å²) in [5, 5.41) is 3.54. The molecule has 1 fully saturated rings. The first kappa shape index (κ1) is 18.3. The van der Waals surface area contributed by atoms with Crippen molar-refractivity contribution in [2.75, 3.05) is 26.7 Å². The Bertz CT molecular complexity index is 312. The summed E-state index contributed by atoms with van der Waals surface area (Å²) >= 11 is 0. The van der Waals surface area contributed by atoms with Crippen molar-refractivity contribution in [1.29, 1.82) is 0 Å². The van der Waals surface area contributed by atoms with E-state index in [0.29, 0.717) is 0 Å². The van der Waals surface area contributed by atoms with E-state index in [1.54, 1.807) is 11.9 Å².